The van der Waals surface area contributed by atoms with Crippen molar-refractivity contribution in [2.45, 2.75) is 32.9 Å². The first-order valence-corrected chi connectivity index (χ1v) is 6.22. The summed E-state index contributed by atoms with van der Waals surface area (Å²) in [7, 11) is 0. The molecule has 2 N–H and O–H groups in total. The third-order valence-corrected chi connectivity index (χ3v) is 2.52. The van der Waals surface area contributed by atoms with Gasteiger partial charge in [0, 0.05) is 37.7 Å². The van der Waals surface area contributed by atoms with Gasteiger partial charge < -0.3 is 10.6 Å². The molecule has 1 aromatic rings. The minimum atomic E-state index is -0.447. The summed E-state index contributed by atoms with van der Waals surface area (Å²) in [5.74, 6) is -0.0698. The molecule has 6 heteroatoms. The van der Waals surface area contributed by atoms with E-state index in [1.165, 1.54) is 12.1 Å². The number of hydrogen-bond donors (Lipinski definition) is 2. The Morgan fingerprint density at radius 1 is 1.42 bits per heavy atom. The summed E-state index contributed by atoms with van der Waals surface area (Å²) in [5, 5.41) is 16.5. The first-order chi connectivity index (χ1) is 8.99. The molecule has 0 aliphatic carbocycles. The highest BCUT2D eigenvalue weighted by atomic mass is 16.6. The lowest BCUT2D eigenvalue weighted by Gasteiger charge is -2.08. The maximum absolute atomic E-state index is 11.5. The third kappa shape index (κ3) is 5.96. The maximum Gasteiger partial charge on any atom is 0.269 e. The Morgan fingerprint density at radius 2 is 2.16 bits per heavy atom. The van der Waals surface area contributed by atoms with Crippen LogP contribution in [0.25, 0.3) is 0 Å². The van der Waals surface area contributed by atoms with Crippen LogP contribution < -0.4 is 10.6 Å². The molecule has 0 saturated carbocycles. The molecule has 19 heavy (non-hydrogen) atoms. The van der Waals surface area contributed by atoms with Gasteiger partial charge in [-0.15, -0.1) is 0 Å². The maximum atomic E-state index is 11.5. The van der Waals surface area contributed by atoms with E-state index >= 15 is 0 Å². The summed E-state index contributed by atoms with van der Waals surface area (Å²) in [6.07, 6.45) is 0.396. The van der Waals surface area contributed by atoms with Gasteiger partial charge in [-0.05, 0) is 5.56 Å². The fourth-order valence-electron chi connectivity index (χ4n) is 1.54. The minimum Gasteiger partial charge on any atom is -0.352 e. The number of nitrogens with one attached hydrogen (secondary N) is 2. The number of nitro groups is 1. The lowest BCUT2D eigenvalue weighted by Crippen LogP contribution is -2.30. The van der Waals surface area contributed by atoms with Crippen LogP contribution in [0, 0.1) is 10.1 Å². The normalized spacial score (nSPS) is 10.5. The van der Waals surface area contributed by atoms with Crippen molar-refractivity contribution in [1.82, 2.24) is 10.6 Å². The molecule has 0 unspecified atom stereocenters. The lowest BCUT2D eigenvalue weighted by molar-refractivity contribution is -0.384. The van der Waals surface area contributed by atoms with Gasteiger partial charge in [0.15, 0.2) is 0 Å². The van der Waals surface area contributed by atoms with Gasteiger partial charge in [0.05, 0.1) is 4.92 Å². The predicted molar refractivity (Wildman–Crippen MR) is 72.7 cm³/mol. The SMILES string of the molecule is CC(C)NCCC(=O)NCc1cccc([N+](=O)[O-])c1. The third-order valence-electron chi connectivity index (χ3n) is 2.52. The van der Waals surface area contributed by atoms with Gasteiger partial charge in [-0.3, -0.25) is 14.9 Å². The van der Waals surface area contributed by atoms with Crippen LogP contribution in [0.1, 0.15) is 25.8 Å². The van der Waals surface area contributed by atoms with Crippen molar-refractivity contribution in [3.05, 3.63) is 39.9 Å². The molecule has 1 aromatic carbocycles. The average Bonchev–Trinajstić information content (AvgIpc) is 2.36. The van der Waals surface area contributed by atoms with Crippen molar-refractivity contribution in [1.29, 1.82) is 0 Å². The Bertz CT molecular complexity index is 447. The van der Waals surface area contributed by atoms with Gasteiger partial charge in [-0.25, -0.2) is 0 Å². The summed E-state index contributed by atoms with van der Waals surface area (Å²) in [5.41, 5.74) is 0.757. The molecule has 0 radical (unpaired) electrons. The predicted octanol–water partition coefficient (Wildman–Crippen LogP) is 1.60. The molecule has 6 nitrogen and oxygen atoms in total. The van der Waals surface area contributed by atoms with E-state index in [-0.39, 0.29) is 11.6 Å². The Balaban J connectivity index is 2.37. The second kappa shape index (κ2) is 7.48. The number of non-ortho nitro benzene ring substituents is 1. The molecule has 0 heterocycles. The van der Waals surface area contributed by atoms with Crippen molar-refractivity contribution in [2.24, 2.45) is 0 Å². The standard InChI is InChI=1S/C13H19N3O3/c1-10(2)14-7-6-13(17)15-9-11-4-3-5-12(8-11)16(18)19/h3-5,8,10,14H,6-7,9H2,1-2H3,(H,15,17). The van der Waals surface area contributed by atoms with Gasteiger partial charge in [0.1, 0.15) is 0 Å². The topological polar surface area (TPSA) is 84.3 Å². The van der Waals surface area contributed by atoms with Gasteiger partial charge in [-0.2, -0.15) is 0 Å². The Kier molecular flexibility index (Phi) is 5.95. The number of nitrogens with zero attached hydrogens (tertiary/aromatic N) is 1. The van der Waals surface area contributed by atoms with E-state index in [1.807, 2.05) is 13.8 Å². The van der Waals surface area contributed by atoms with Crippen molar-refractivity contribution >= 4 is 11.6 Å². The zero-order valence-corrected chi connectivity index (χ0v) is 11.2. The number of rotatable bonds is 7. The number of carbonyl (C=O) groups excluding carboxylic acids is 1. The van der Waals surface area contributed by atoms with Crippen LogP contribution in [0.5, 0.6) is 0 Å². The first-order valence-electron chi connectivity index (χ1n) is 6.22. The van der Waals surface area contributed by atoms with Gasteiger partial charge >= 0.3 is 0 Å². The van der Waals surface area contributed by atoms with E-state index < -0.39 is 4.92 Å². The van der Waals surface area contributed by atoms with Gasteiger partial charge in [0.25, 0.3) is 5.69 Å². The van der Waals surface area contributed by atoms with Crippen LogP contribution >= 0.6 is 0 Å². The Morgan fingerprint density at radius 3 is 2.79 bits per heavy atom. The molecule has 0 saturated heterocycles. The second-order valence-electron chi connectivity index (χ2n) is 4.56. The van der Waals surface area contributed by atoms with Crippen molar-refractivity contribution < 1.29 is 9.72 Å². The monoisotopic (exact) mass is 265 g/mol. The highest BCUT2D eigenvalue weighted by molar-refractivity contribution is 5.76. The van der Waals surface area contributed by atoms with E-state index in [4.69, 9.17) is 0 Å². The highest BCUT2D eigenvalue weighted by Gasteiger charge is 2.06. The van der Waals surface area contributed by atoms with Crippen LogP contribution in [0.15, 0.2) is 24.3 Å². The van der Waals surface area contributed by atoms with Crippen molar-refractivity contribution in [2.75, 3.05) is 6.54 Å². The fraction of sp³-hybridized carbons (Fsp3) is 0.462. The molecule has 0 spiro atoms. The van der Waals surface area contributed by atoms with Crippen LogP contribution in [0.3, 0.4) is 0 Å². The molecule has 1 amide bonds. The lowest BCUT2D eigenvalue weighted by atomic mass is 10.2. The summed E-state index contributed by atoms with van der Waals surface area (Å²) in [6.45, 7) is 4.96. The van der Waals surface area contributed by atoms with E-state index in [0.29, 0.717) is 25.6 Å². The molecule has 1 rings (SSSR count). The van der Waals surface area contributed by atoms with E-state index in [0.717, 1.165) is 5.56 Å². The molecule has 0 bridgehead atoms. The van der Waals surface area contributed by atoms with E-state index in [2.05, 4.69) is 10.6 Å². The van der Waals surface area contributed by atoms with Crippen LogP contribution in [-0.4, -0.2) is 23.4 Å². The number of benzene rings is 1. The number of amides is 1. The summed E-state index contributed by atoms with van der Waals surface area (Å²) in [4.78, 5) is 21.7. The summed E-state index contributed by atoms with van der Waals surface area (Å²) < 4.78 is 0. The molecule has 0 aromatic heterocycles. The summed E-state index contributed by atoms with van der Waals surface area (Å²) in [6, 6.07) is 6.61. The largest absolute Gasteiger partial charge is 0.352 e. The molecule has 0 atom stereocenters. The molecular formula is C13H19N3O3. The quantitative estimate of drug-likeness (QED) is 0.579. The van der Waals surface area contributed by atoms with Crippen molar-refractivity contribution in [3.8, 4) is 0 Å². The molecule has 104 valence electrons. The number of hydrogen-bond acceptors (Lipinski definition) is 4. The fourth-order valence-corrected chi connectivity index (χ4v) is 1.54. The average molecular weight is 265 g/mol. The molecule has 0 fully saturated rings. The minimum absolute atomic E-state index is 0.0354. The number of carbonyl (C=O) groups is 1. The van der Waals surface area contributed by atoms with Crippen LogP contribution in [0.2, 0.25) is 0 Å². The molecular weight excluding hydrogens is 246 g/mol. The second-order valence-corrected chi connectivity index (χ2v) is 4.56. The zero-order chi connectivity index (χ0) is 14.3. The first kappa shape index (κ1) is 15.1. The van der Waals surface area contributed by atoms with Crippen LogP contribution in [-0.2, 0) is 11.3 Å². The van der Waals surface area contributed by atoms with E-state index in [9.17, 15) is 14.9 Å². The highest BCUT2D eigenvalue weighted by Crippen LogP contribution is 2.12. The Hall–Kier alpha value is -1.95. The van der Waals surface area contributed by atoms with Crippen molar-refractivity contribution in [3.63, 3.8) is 0 Å². The smallest absolute Gasteiger partial charge is 0.269 e. The van der Waals surface area contributed by atoms with Gasteiger partial charge in [0.2, 0.25) is 5.91 Å². The van der Waals surface area contributed by atoms with E-state index in [1.54, 1.807) is 12.1 Å². The molecule has 0 aliphatic rings. The van der Waals surface area contributed by atoms with Gasteiger partial charge in [-0.1, -0.05) is 26.0 Å². The van der Waals surface area contributed by atoms with Crippen LogP contribution in [0.4, 0.5) is 5.69 Å². The molecule has 0 aliphatic heterocycles. The zero-order valence-electron chi connectivity index (χ0n) is 11.2. The summed E-state index contributed by atoms with van der Waals surface area (Å²) >= 11 is 0. The number of nitro benzene ring substituents is 1. The Labute approximate surface area is 112 Å².